The minimum atomic E-state index is -0.452. The van der Waals surface area contributed by atoms with Gasteiger partial charge in [0.05, 0.1) is 24.1 Å². The first kappa shape index (κ1) is 28.9. The van der Waals surface area contributed by atoms with Gasteiger partial charge in [0.2, 0.25) is 11.7 Å². The van der Waals surface area contributed by atoms with Gasteiger partial charge in [-0.1, -0.05) is 0 Å². The van der Waals surface area contributed by atoms with Gasteiger partial charge in [-0.05, 0) is 55.3 Å². The summed E-state index contributed by atoms with van der Waals surface area (Å²) in [6.45, 7) is 2.44. The number of benzene rings is 1. The molecule has 6 rings (SSSR count). The number of nitrogens with zero attached hydrogens (tertiary/aromatic N) is 4. The van der Waals surface area contributed by atoms with E-state index in [-0.39, 0.29) is 23.4 Å². The number of pyridine rings is 2. The molecule has 3 aromatic heterocycles. The molecule has 3 amide bonds. The molecule has 3 N–H and O–H groups in total. The highest BCUT2D eigenvalue weighted by Crippen LogP contribution is 2.37. The monoisotopic (exact) mass is 595 g/mol. The fourth-order valence-corrected chi connectivity index (χ4v) is 5.63. The van der Waals surface area contributed by atoms with Gasteiger partial charge < -0.3 is 34.9 Å². The van der Waals surface area contributed by atoms with Crippen LogP contribution in [0.5, 0.6) is 5.75 Å². The van der Waals surface area contributed by atoms with Crippen LogP contribution in [0.4, 0.5) is 21.9 Å². The van der Waals surface area contributed by atoms with Crippen LogP contribution in [0.3, 0.4) is 0 Å². The van der Waals surface area contributed by atoms with E-state index in [9.17, 15) is 14.4 Å². The zero-order valence-electron chi connectivity index (χ0n) is 24.5. The molecule has 0 bridgehead atoms. The molecule has 0 radical (unpaired) electrons. The summed E-state index contributed by atoms with van der Waals surface area (Å²) >= 11 is 0. The number of carbonyl (C=O) groups excluding carboxylic acids is 3. The van der Waals surface area contributed by atoms with Crippen molar-refractivity contribution in [1.82, 2.24) is 19.9 Å². The Morgan fingerprint density at radius 1 is 1.11 bits per heavy atom. The van der Waals surface area contributed by atoms with Gasteiger partial charge in [-0.25, -0.2) is 9.78 Å². The average Bonchev–Trinajstić information content (AvgIpc) is 3.52. The standard InChI is InChI=1S/C32H33N7O5/c1-38-19-21(28-25(7-11-34-30(28)38)39-13-8-20(9-14-39)31(41)35-12-15-43-2)16-27-29(40)24-17-22(5-6-26(24)44-27)36-32(42)37-23-4-3-10-33-18-23/h3-7,10-11,16-20H,8-9,12-15H2,1-2H3,(H,35,41)(H2,36,37,42). The molecule has 0 aliphatic carbocycles. The molecule has 226 valence electrons. The van der Waals surface area contributed by atoms with Gasteiger partial charge in [0.25, 0.3) is 0 Å². The van der Waals surface area contributed by atoms with Gasteiger partial charge >= 0.3 is 6.03 Å². The van der Waals surface area contributed by atoms with Crippen LogP contribution >= 0.6 is 0 Å². The van der Waals surface area contributed by atoms with E-state index >= 15 is 0 Å². The van der Waals surface area contributed by atoms with E-state index in [2.05, 4.69) is 30.8 Å². The fraction of sp³-hybridized carbons (Fsp3) is 0.281. The number of rotatable bonds is 8. The Morgan fingerprint density at radius 3 is 2.70 bits per heavy atom. The third-order valence-electron chi connectivity index (χ3n) is 7.81. The zero-order chi connectivity index (χ0) is 30.6. The highest BCUT2D eigenvalue weighted by Gasteiger charge is 2.30. The van der Waals surface area contributed by atoms with Crippen molar-refractivity contribution in [2.75, 3.05) is 48.9 Å². The molecular formula is C32H33N7O5. The number of Topliss-reactive ketones (excluding diaryl/α,β-unsaturated/α-hetero) is 1. The maximum Gasteiger partial charge on any atom is 0.323 e. The number of aryl methyl sites for hydroxylation is 1. The summed E-state index contributed by atoms with van der Waals surface area (Å²) in [5.41, 5.74) is 3.94. The Kier molecular flexibility index (Phi) is 8.24. The van der Waals surface area contributed by atoms with E-state index in [1.54, 1.807) is 55.9 Å². The van der Waals surface area contributed by atoms with Crippen molar-refractivity contribution in [3.63, 3.8) is 0 Å². The second kappa shape index (κ2) is 12.6. The molecule has 4 aromatic rings. The summed E-state index contributed by atoms with van der Waals surface area (Å²) in [4.78, 5) is 49.3. The first-order valence-corrected chi connectivity index (χ1v) is 14.4. The van der Waals surface area contributed by atoms with E-state index in [1.807, 2.05) is 23.9 Å². The largest absolute Gasteiger partial charge is 0.452 e. The minimum Gasteiger partial charge on any atom is -0.452 e. The van der Waals surface area contributed by atoms with Gasteiger partial charge in [0.1, 0.15) is 11.4 Å². The number of anilines is 3. The Hall–Kier alpha value is -5.23. The Balaban J connectivity index is 1.19. The maximum atomic E-state index is 13.4. The molecule has 0 atom stereocenters. The number of hydrogen-bond donors (Lipinski definition) is 3. The van der Waals surface area contributed by atoms with Crippen LogP contribution in [0.15, 0.2) is 66.9 Å². The number of ketones is 1. The minimum absolute atomic E-state index is 0.0402. The van der Waals surface area contributed by atoms with Crippen molar-refractivity contribution < 1.29 is 23.9 Å². The van der Waals surface area contributed by atoms with Crippen LogP contribution in [-0.4, -0.2) is 65.6 Å². The normalized spacial score (nSPS) is 15.7. The number of amides is 3. The van der Waals surface area contributed by atoms with Crippen molar-refractivity contribution in [2.45, 2.75) is 12.8 Å². The van der Waals surface area contributed by atoms with Crippen molar-refractivity contribution in [3.8, 4) is 5.75 Å². The van der Waals surface area contributed by atoms with Gasteiger partial charge in [0.15, 0.2) is 5.76 Å². The fourth-order valence-electron chi connectivity index (χ4n) is 5.63. The number of hydrogen-bond acceptors (Lipinski definition) is 8. The third kappa shape index (κ3) is 5.97. The van der Waals surface area contributed by atoms with E-state index in [0.29, 0.717) is 35.8 Å². The molecule has 44 heavy (non-hydrogen) atoms. The summed E-state index contributed by atoms with van der Waals surface area (Å²) < 4.78 is 12.9. The maximum absolute atomic E-state index is 13.4. The second-order valence-corrected chi connectivity index (χ2v) is 10.7. The summed E-state index contributed by atoms with van der Waals surface area (Å²) in [6, 6.07) is 9.92. The number of urea groups is 1. The first-order valence-electron chi connectivity index (χ1n) is 14.4. The van der Waals surface area contributed by atoms with Crippen LogP contribution in [0, 0.1) is 5.92 Å². The van der Waals surface area contributed by atoms with Crippen molar-refractivity contribution >= 4 is 51.9 Å². The molecule has 12 heteroatoms. The third-order valence-corrected chi connectivity index (χ3v) is 7.81. The van der Waals surface area contributed by atoms with Crippen LogP contribution in [0.1, 0.15) is 28.8 Å². The molecule has 1 aromatic carbocycles. The van der Waals surface area contributed by atoms with Crippen LogP contribution in [0.2, 0.25) is 0 Å². The quantitative estimate of drug-likeness (QED) is 0.203. The number of aromatic nitrogens is 3. The Morgan fingerprint density at radius 2 is 1.93 bits per heavy atom. The summed E-state index contributed by atoms with van der Waals surface area (Å²) in [7, 11) is 3.53. The van der Waals surface area contributed by atoms with Gasteiger partial charge in [0, 0.05) is 80.6 Å². The molecule has 1 fully saturated rings. The van der Waals surface area contributed by atoms with E-state index in [1.165, 1.54) is 6.20 Å². The number of fused-ring (bicyclic) bond motifs is 2. The lowest BCUT2D eigenvalue weighted by molar-refractivity contribution is -0.125. The van der Waals surface area contributed by atoms with Crippen molar-refractivity contribution in [1.29, 1.82) is 0 Å². The second-order valence-electron chi connectivity index (χ2n) is 10.7. The lowest BCUT2D eigenvalue weighted by atomic mass is 9.95. The number of carbonyl (C=O) groups is 3. The van der Waals surface area contributed by atoms with Crippen molar-refractivity contribution in [2.24, 2.45) is 13.0 Å². The number of methoxy groups -OCH3 is 1. The van der Waals surface area contributed by atoms with Gasteiger partial charge in [-0.15, -0.1) is 0 Å². The van der Waals surface area contributed by atoms with Crippen molar-refractivity contribution in [3.05, 3.63) is 78.1 Å². The lowest BCUT2D eigenvalue weighted by Gasteiger charge is -2.33. The smallest absolute Gasteiger partial charge is 0.323 e. The molecule has 5 heterocycles. The van der Waals surface area contributed by atoms with Crippen LogP contribution in [0.25, 0.3) is 17.1 Å². The average molecular weight is 596 g/mol. The predicted octanol–water partition coefficient (Wildman–Crippen LogP) is 4.21. The van der Waals surface area contributed by atoms with E-state index < -0.39 is 6.03 Å². The van der Waals surface area contributed by atoms with Crippen LogP contribution in [-0.2, 0) is 16.6 Å². The van der Waals surface area contributed by atoms with Gasteiger partial charge in [-0.2, -0.15) is 0 Å². The predicted molar refractivity (Wildman–Crippen MR) is 167 cm³/mol. The Bertz CT molecular complexity index is 1740. The number of nitrogens with one attached hydrogen (secondary N) is 3. The first-order chi connectivity index (χ1) is 21.4. The summed E-state index contributed by atoms with van der Waals surface area (Å²) in [5.74, 6) is 0.353. The number of piperidine rings is 1. The molecule has 12 nitrogen and oxygen atoms in total. The zero-order valence-corrected chi connectivity index (χ0v) is 24.5. The molecule has 2 aliphatic rings. The molecule has 1 saturated heterocycles. The van der Waals surface area contributed by atoms with Gasteiger partial charge in [-0.3, -0.25) is 14.6 Å². The number of allylic oxidation sites excluding steroid dienone is 1. The molecule has 2 aliphatic heterocycles. The summed E-state index contributed by atoms with van der Waals surface area (Å²) in [5, 5.41) is 9.31. The van der Waals surface area contributed by atoms with E-state index in [4.69, 9.17) is 9.47 Å². The molecule has 0 unspecified atom stereocenters. The highest BCUT2D eigenvalue weighted by atomic mass is 16.5. The molecular weight excluding hydrogens is 562 g/mol. The van der Waals surface area contributed by atoms with Crippen LogP contribution < -0.4 is 25.6 Å². The Labute approximate surface area is 254 Å². The molecule has 0 saturated carbocycles. The highest BCUT2D eigenvalue weighted by molar-refractivity contribution is 6.16. The van der Waals surface area contributed by atoms with E-state index in [0.717, 1.165) is 48.2 Å². The lowest BCUT2D eigenvalue weighted by Crippen LogP contribution is -2.41. The molecule has 0 spiro atoms. The summed E-state index contributed by atoms with van der Waals surface area (Å²) in [6.07, 6.45) is 10.1. The number of ether oxygens (including phenoxy) is 2. The SMILES string of the molecule is COCCNC(=O)C1CCN(c2ccnc3c2c(C=C2Oc4ccc(NC(=O)Nc5cccnc5)cc4C2=O)cn3C)CC1. The topological polar surface area (TPSA) is 140 Å².